The van der Waals surface area contributed by atoms with Crippen LogP contribution in [0.25, 0.3) is 0 Å². The number of aromatic nitrogens is 1. The van der Waals surface area contributed by atoms with E-state index in [1.807, 2.05) is 61.5 Å². The van der Waals surface area contributed by atoms with Crippen molar-refractivity contribution in [2.75, 3.05) is 6.61 Å². The molecule has 0 fully saturated rings. The minimum absolute atomic E-state index is 0.256. The molecule has 0 radical (unpaired) electrons. The van der Waals surface area contributed by atoms with Crippen LogP contribution in [0, 0.1) is 10.1 Å². The lowest BCUT2D eigenvalue weighted by Crippen LogP contribution is -2.35. The number of amides is 1. The Morgan fingerprint density at radius 3 is 2.37 bits per heavy atom. The summed E-state index contributed by atoms with van der Waals surface area (Å²) in [5.74, 6) is 0.280. The zero-order valence-corrected chi connectivity index (χ0v) is 16.4. The smallest absolute Gasteiger partial charge is 0.285 e. The number of nitrogens with zero attached hydrogens (tertiary/aromatic N) is 2. The van der Waals surface area contributed by atoms with E-state index in [9.17, 15) is 19.7 Å². The van der Waals surface area contributed by atoms with Crippen LogP contribution in [0.4, 0.5) is 5.69 Å². The van der Waals surface area contributed by atoms with E-state index in [-0.39, 0.29) is 12.2 Å². The zero-order chi connectivity index (χ0) is 21.5. The highest BCUT2D eigenvalue weighted by atomic mass is 16.6. The van der Waals surface area contributed by atoms with Gasteiger partial charge >= 0.3 is 0 Å². The quantitative estimate of drug-likeness (QED) is 0.457. The van der Waals surface area contributed by atoms with Crippen molar-refractivity contribution in [3.05, 3.63) is 105 Å². The van der Waals surface area contributed by atoms with Crippen molar-refractivity contribution in [2.24, 2.45) is 0 Å². The minimum atomic E-state index is -0.611. The highest BCUT2D eigenvalue weighted by Crippen LogP contribution is 2.24. The van der Waals surface area contributed by atoms with Gasteiger partial charge in [-0.1, -0.05) is 42.5 Å². The van der Waals surface area contributed by atoms with E-state index < -0.39 is 22.4 Å². The van der Waals surface area contributed by atoms with Gasteiger partial charge in [-0.3, -0.25) is 24.3 Å². The molecule has 0 saturated heterocycles. The largest absolute Gasteiger partial charge is 0.494 e. The second kappa shape index (κ2) is 9.51. The first-order valence-electron chi connectivity index (χ1n) is 9.40. The molecule has 3 aromatic rings. The molecule has 0 saturated carbocycles. The average Bonchev–Trinajstić information content (AvgIpc) is 2.75. The topological polar surface area (TPSA) is 103 Å². The van der Waals surface area contributed by atoms with Gasteiger partial charge in [0.05, 0.1) is 23.8 Å². The third-order valence-corrected chi connectivity index (χ3v) is 4.46. The number of nitrogens with one attached hydrogen (secondary N) is 1. The molecule has 0 bridgehead atoms. The maximum absolute atomic E-state index is 12.7. The lowest BCUT2D eigenvalue weighted by Gasteiger charge is -2.20. The summed E-state index contributed by atoms with van der Waals surface area (Å²) in [7, 11) is 0. The fraction of sp³-hybridized carbons (Fsp3) is 0.182. The Kier molecular flexibility index (Phi) is 6.59. The summed E-state index contributed by atoms with van der Waals surface area (Å²) in [6.07, 6.45) is 1.07. The molecule has 8 heteroatoms. The fourth-order valence-electron chi connectivity index (χ4n) is 3.04. The molecule has 154 valence electrons. The second-order valence-corrected chi connectivity index (χ2v) is 6.52. The van der Waals surface area contributed by atoms with Crippen LogP contribution in [-0.4, -0.2) is 22.0 Å². The molecular weight excluding hydrogens is 386 g/mol. The molecule has 1 unspecified atom stereocenters. The first kappa shape index (κ1) is 20.8. The maximum Gasteiger partial charge on any atom is 0.285 e. The Morgan fingerprint density at radius 2 is 1.73 bits per heavy atom. The number of nitro groups is 1. The van der Waals surface area contributed by atoms with Gasteiger partial charge in [0.15, 0.2) is 0 Å². The summed E-state index contributed by atoms with van der Waals surface area (Å²) in [5, 5.41) is 13.9. The SMILES string of the molecule is CCOc1ccc(C(NC(=O)Cn2cc([N+](=O)[O-])ccc2=O)c2ccccc2)cc1. The van der Waals surface area contributed by atoms with E-state index in [1.165, 1.54) is 0 Å². The molecule has 0 spiro atoms. The van der Waals surface area contributed by atoms with Crippen LogP contribution in [0.5, 0.6) is 5.75 Å². The summed E-state index contributed by atoms with van der Waals surface area (Å²) in [6, 6.07) is 18.5. The van der Waals surface area contributed by atoms with E-state index in [2.05, 4.69) is 5.32 Å². The monoisotopic (exact) mass is 407 g/mol. The third-order valence-electron chi connectivity index (χ3n) is 4.46. The van der Waals surface area contributed by atoms with Gasteiger partial charge in [0.1, 0.15) is 12.3 Å². The maximum atomic E-state index is 12.7. The Labute approximate surface area is 172 Å². The zero-order valence-electron chi connectivity index (χ0n) is 16.4. The normalized spacial score (nSPS) is 11.5. The Bertz CT molecular complexity index is 1080. The van der Waals surface area contributed by atoms with Crippen molar-refractivity contribution >= 4 is 11.6 Å². The summed E-state index contributed by atoms with van der Waals surface area (Å²) < 4.78 is 6.49. The van der Waals surface area contributed by atoms with Crippen LogP contribution in [0.15, 0.2) is 77.7 Å². The van der Waals surface area contributed by atoms with Crippen LogP contribution in [0.1, 0.15) is 24.1 Å². The van der Waals surface area contributed by atoms with Crippen molar-refractivity contribution in [1.82, 2.24) is 9.88 Å². The number of hydrogen-bond donors (Lipinski definition) is 1. The fourth-order valence-corrected chi connectivity index (χ4v) is 3.04. The van der Waals surface area contributed by atoms with Crippen molar-refractivity contribution in [2.45, 2.75) is 19.5 Å². The second-order valence-electron chi connectivity index (χ2n) is 6.52. The average molecular weight is 407 g/mol. The number of carbonyl (C=O) groups excluding carboxylic acids is 1. The van der Waals surface area contributed by atoms with Crippen molar-refractivity contribution in [3.63, 3.8) is 0 Å². The number of ether oxygens (including phenoxy) is 1. The Balaban J connectivity index is 1.85. The van der Waals surface area contributed by atoms with E-state index in [1.54, 1.807) is 0 Å². The lowest BCUT2D eigenvalue weighted by atomic mass is 9.98. The molecule has 0 aliphatic heterocycles. The summed E-state index contributed by atoms with van der Waals surface area (Å²) in [4.78, 5) is 35.0. The van der Waals surface area contributed by atoms with Crippen LogP contribution < -0.4 is 15.6 Å². The summed E-state index contributed by atoms with van der Waals surface area (Å²) >= 11 is 0. The minimum Gasteiger partial charge on any atom is -0.494 e. The predicted molar refractivity (Wildman–Crippen MR) is 111 cm³/mol. The molecule has 1 heterocycles. The molecular formula is C22H21N3O5. The summed E-state index contributed by atoms with van der Waals surface area (Å²) in [6.45, 7) is 2.12. The van der Waals surface area contributed by atoms with E-state index in [0.29, 0.717) is 6.61 Å². The van der Waals surface area contributed by atoms with E-state index >= 15 is 0 Å². The molecule has 0 aliphatic carbocycles. The Morgan fingerprint density at radius 1 is 1.07 bits per heavy atom. The van der Waals surface area contributed by atoms with Gasteiger partial charge < -0.3 is 10.1 Å². The van der Waals surface area contributed by atoms with Gasteiger partial charge in [-0.2, -0.15) is 0 Å². The van der Waals surface area contributed by atoms with Gasteiger partial charge in [-0.15, -0.1) is 0 Å². The van der Waals surface area contributed by atoms with Gasteiger partial charge in [0, 0.05) is 12.1 Å². The first-order chi connectivity index (χ1) is 14.5. The van der Waals surface area contributed by atoms with E-state index in [0.717, 1.165) is 39.8 Å². The lowest BCUT2D eigenvalue weighted by molar-refractivity contribution is -0.385. The number of pyridine rings is 1. The molecule has 30 heavy (non-hydrogen) atoms. The van der Waals surface area contributed by atoms with E-state index in [4.69, 9.17) is 4.74 Å². The highest BCUT2D eigenvalue weighted by molar-refractivity contribution is 5.77. The first-order valence-corrected chi connectivity index (χ1v) is 9.40. The van der Waals surface area contributed by atoms with Gasteiger partial charge in [0.25, 0.3) is 11.2 Å². The van der Waals surface area contributed by atoms with Gasteiger partial charge in [-0.05, 0) is 30.2 Å². The molecule has 1 atom stereocenters. The number of benzene rings is 2. The number of hydrogen-bond acceptors (Lipinski definition) is 5. The molecule has 3 rings (SSSR count). The molecule has 1 amide bonds. The predicted octanol–water partition coefficient (Wildman–Crippen LogP) is 3.06. The highest BCUT2D eigenvalue weighted by Gasteiger charge is 2.18. The third kappa shape index (κ3) is 5.11. The molecule has 0 aliphatic rings. The molecule has 1 N–H and O–H groups in total. The van der Waals surface area contributed by atoms with Crippen LogP contribution in [0.3, 0.4) is 0 Å². The molecule has 8 nitrogen and oxygen atoms in total. The van der Waals surface area contributed by atoms with Crippen LogP contribution in [-0.2, 0) is 11.3 Å². The standard InChI is InChI=1S/C22H21N3O5/c1-2-30-19-11-8-17(9-12-19)22(16-6-4-3-5-7-16)23-20(26)15-24-14-18(25(28)29)10-13-21(24)27/h3-14,22H,2,15H2,1H3,(H,23,26). The summed E-state index contributed by atoms with van der Waals surface area (Å²) in [5.41, 5.74) is 0.951. The molecule has 2 aromatic carbocycles. The van der Waals surface area contributed by atoms with Gasteiger partial charge in [-0.25, -0.2) is 0 Å². The van der Waals surface area contributed by atoms with Crippen molar-refractivity contribution in [1.29, 1.82) is 0 Å². The van der Waals surface area contributed by atoms with Crippen LogP contribution >= 0.6 is 0 Å². The van der Waals surface area contributed by atoms with Crippen LogP contribution in [0.2, 0.25) is 0 Å². The van der Waals surface area contributed by atoms with Gasteiger partial charge in [0.2, 0.25) is 5.91 Å². The van der Waals surface area contributed by atoms with Crippen molar-refractivity contribution in [3.8, 4) is 5.75 Å². The number of carbonyl (C=O) groups is 1. The Hall–Kier alpha value is -3.94. The van der Waals surface area contributed by atoms with Crippen molar-refractivity contribution < 1.29 is 14.5 Å². The molecule has 1 aromatic heterocycles. The number of rotatable bonds is 8.